The highest BCUT2D eigenvalue weighted by Crippen LogP contribution is 2.27. The molecule has 0 heterocycles. The number of nitrogens with one attached hydrogen (secondary N) is 1. The molecule has 42 heavy (non-hydrogen) atoms. The average Bonchev–Trinajstić information content (AvgIpc) is 2.98. The van der Waals surface area contributed by atoms with E-state index >= 15 is 0 Å². The molecule has 1 N–H and O–H groups in total. The zero-order chi connectivity index (χ0) is 30.3. The molecule has 1 fully saturated rings. The molecule has 7 nitrogen and oxygen atoms in total. The molecule has 1 saturated carbocycles. The second kappa shape index (κ2) is 14.0. The second-order valence-corrected chi connectivity index (χ2v) is 13.2. The molecule has 0 saturated heterocycles. The normalized spacial score (nSPS) is 14.7. The van der Waals surface area contributed by atoms with Gasteiger partial charge in [-0.2, -0.15) is 0 Å². The van der Waals surface area contributed by atoms with Crippen molar-refractivity contribution in [2.24, 2.45) is 0 Å². The number of rotatable bonds is 11. The van der Waals surface area contributed by atoms with Crippen molar-refractivity contribution in [3.05, 3.63) is 95.1 Å². The lowest BCUT2D eigenvalue weighted by atomic mass is 9.95. The van der Waals surface area contributed by atoms with E-state index in [1.807, 2.05) is 58.0 Å². The Kier molecular flexibility index (Phi) is 10.4. The maximum absolute atomic E-state index is 14.3. The summed E-state index contributed by atoms with van der Waals surface area (Å²) in [5, 5.41) is 3.19. The molecule has 0 bridgehead atoms. The largest absolute Gasteiger partial charge is 0.352 e. The van der Waals surface area contributed by atoms with Crippen molar-refractivity contribution in [3.63, 3.8) is 0 Å². The van der Waals surface area contributed by atoms with E-state index in [2.05, 4.69) is 5.32 Å². The van der Waals surface area contributed by atoms with Gasteiger partial charge in [-0.25, -0.2) is 8.42 Å². The van der Waals surface area contributed by atoms with Crippen LogP contribution in [0.2, 0.25) is 0 Å². The summed E-state index contributed by atoms with van der Waals surface area (Å²) in [6.07, 6.45) is 5.61. The van der Waals surface area contributed by atoms with Crippen LogP contribution in [0.3, 0.4) is 0 Å². The van der Waals surface area contributed by atoms with Gasteiger partial charge in [-0.1, -0.05) is 80.3 Å². The molecule has 3 aromatic rings. The molecule has 224 valence electrons. The molecular weight excluding hydrogens is 546 g/mol. The van der Waals surface area contributed by atoms with Gasteiger partial charge < -0.3 is 10.2 Å². The fraction of sp³-hybridized carbons (Fsp3) is 0.412. The summed E-state index contributed by atoms with van der Waals surface area (Å²) >= 11 is 0. The van der Waals surface area contributed by atoms with Gasteiger partial charge in [0.2, 0.25) is 11.8 Å². The smallest absolute Gasteiger partial charge is 0.264 e. The molecule has 1 atom stereocenters. The van der Waals surface area contributed by atoms with Crippen molar-refractivity contribution in [2.45, 2.75) is 89.7 Å². The van der Waals surface area contributed by atoms with Gasteiger partial charge in [-0.05, 0) is 81.0 Å². The Morgan fingerprint density at radius 3 is 2.24 bits per heavy atom. The molecule has 4 rings (SSSR count). The maximum Gasteiger partial charge on any atom is 0.264 e. The van der Waals surface area contributed by atoms with E-state index in [0.717, 1.165) is 47.9 Å². The zero-order valence-corrected chi connectivity index (χ0v) is 26.0. The summed E-state index contributed by atoms with van der Waals surface area (Å²) in [6.45, 7) is 7.52. The Morgan fingerprint density at radius 2 is 1.60 bits per heavy atom. The minimum absolute atomic E-state index is 0.0988. The minimum Gasteiger partial charge on any atom is -0.352 e. The molecule has 3 aromatic carbocycles. The van der Waals surface area contributed by atoms with Gasteiger partial charge in [0, 0.05) is 12.6 Å². The van der Waals surface area contributed by atoms with Crippen LogP contribution in [-0.2, 0) is 26.2 Å². The van der Waals surface area contributed by atoms with Crippen LogP contribution >= 0.6 is 0 Å². The number of aryl methyl sites for hydroxylation is 3. The molecule has 8 heteroatoms. The summed E-state index contributed by atoms with van der Waals surface area (Å²) in [5.41, 5.74) is 4.28. The molecule has 0 unspecified atom stereocenters. The number of hydrogen-bond acceptors (Lipinski definition) is 4. The third-order valence-electron chi connectivity index (χ3n) is 8.16. The lowest BCUT2D eigenvalue weighted by Gasteiger charge is -2.34. The van der Waals surface area contributed by atoms with Crippen LogP contribution in [0.5, 0.6) is 0 Å². The van der Waals surface area contributed by atoms with Crippen molar-refractivity contribution in [1.82, 2.24) is 10.2 Å². The van der Waals surface area contributed by atoms with E-state index in [4.69, 9.17) is 0 Å². The predicted molar refractivity (Wildman–Crippen MR) is 168 cm³/mol. The first-order chi connectivity index (χ1) is 20.1. The van der Waals surface area contributed by atoms with Crippen LogP contribution < -0.4 is 9.62 Å². The second-order valence-electron chi connectivity index (χ2n) is 11.4. The molecule has 0 aromatic heterocycles. The summed E-state index contributed by atoms with van der Waals surface area (Å²) < 4.78 is 29.2. The first-order valence-electron chi connectivity index (χ1n) is 14.9. The summed E-state index contributed by atoms with van der Waals surface area (Å²) in [4.78, 5) is 29.6. The highest BCUT2D eigenvalue weighted by atomic mass is 32.2. The zero-order valence-electron chi connectivity index (χ0n) is 25.2. The van der Waals surface area contributed by atoms with Gasteiger partial charge in [0.05, 0.1) is 10.6 Å². The Bertz CT molecular complexity index is 1480. The Labute approximate surface area is 251 Å². The van der Waals surface area contributed by atoms with Gasteiger partial charge in [-0.3, -0.25) is 13.9 Å². The number of hydrogen-bond donors (Lipinski definition) is 1. The van der Waals surface area contributed by atoms with E-state index in [-0.39, 0.29) is 23.4 Å². The summed E-state index contributed by atoms with van der Waals surface area (Å²) in [5.74, 6) is -0.617. The minimum atomic E-state index is -4.08. The molecule has 1 aliphatic rings. The van der Waals surface area contributed by atoms with E-state index in [1.54, 1.807) is 35.2 Å². The number of benzene rings is 3. The van der Waals surface area contributed by atoms with Crippen molar-refractivity contribution in [3.8, 4) is 0 Å². The van der Waals surface area contributed by atoms with E-state index in [9.17, 15) is 18.0 Å². The quantitative estimate of drug-likeness (QED) is 0.294. The number of carbonyl (C=O) groups excluding carboxylic acids is 2. The van der Waals surface area contributed by atoms with Gasteiger partial charge in [0.1, 0.15) is 12.6 Å². The average molecular weight is 590 g/mol. The molecule has 0 spiro atoms. The SMILES string of the molecule is CC[C@H](C(=O)NC1CCCCC1)N(Cc1cccc(C)c1)C(=O)CN(c1ccc(C)c(C)c1)S(=O)(=O)c1ccccc1. The van der Waals surface area contributed by atoms with E-state index in [0.29, 0.717) is 12.1 Å². The van der Waals surface area contributed by atoms with Crippen molar-refractivity contribution in [1.29, 1.82) is 0 Å². The lowest BCUT2D eigenvalue weighted by Crippen LogP contribution is -2.54. The number of nitrogens with zero attached hydrogens (tertiary/aromatic N) is 2. The summed E-state index contributed by atoms with van der Waals surface area (Å²) in [7, 11) is -4.08. The maximum atomic E-state index is 14.3. The monoisotopic (exact) mass is 589 g/mol. The molecular formula is C34H43N3O4S. The number of sulfonamides is 1. The lowest BCUT2D eigenvalue weighted by molar-refractivity contribution is -0.140. The molecule has 0 aliphatic heterocycles. The van der Waals surface area contributed by atoms with Crippen molar-refractivity contribution >= 4 is 27.5 Å². The number of carbonyl (C=O) groups is 2. The number of anilines is 1. The Balaban J connectivity index is 1.71. The van der Waals surface area contributed by atoms with Crippen LogP contribution in [0.25, 0.3) is 0 Å². The van der Waals surface area contributed by atoms with Crippen LogP contribution in [0.4, 0.5) is 5.69 Å². The predicted octanol–water partition coefficient (Wildman–Crippen LogP) is 6.06. The standard InChI is InChI=1S/C34H43N3O4S/c1-5-32(34(39)35-29-15-8-6-9-16-29)36(23-28-14-12-13-25(2)21-28)33(38)24-37(30-20-19-26(3)27(4)22-30)42(40,41)31-17-10-7-11-18-31/h7,10-14,17-22,29,32H,5-6,8-9,15-16,23-24H2,1-4H3,(H,35,39)/t32-/m1/s1. The van der Waals surface area contributed by atoms with Crippen molar-refractivity contribution in [2.75, 3.05) is 10.8 Å². The Hall–Kier alpha value is -3.65. The van der Waals surface area contributed by atoms with E-state index < -0.39 is 28.5 Å². The van der Waals surface area contributed by atoms with Gasteiger partial charge >= 0.3 is 0 Å². The summed E-state index contributed by atoms with van der Waals surface area (Å²) in [6, 6.07) is 20.7. The first-order valence-corrected chi connectivity index (χ1v) is 16.3. The molecule has 0 radical (unpaired) electrons. The fourth-order valence-corrected chi connectivity index (χ4v) is 7.03. The molecule has 2 amide bonds. The number of amides is 2. The fourth-order valence-electron chi connectivity index (χ4n) is 5.60. The van der Waals surface area contributed by atoms with Gasteiger partial charge in [0.25, 0.3) is 10.0 Å². The van der Waals surface area contributed by atoms with Crippen LogP contribution in [0.1, 0.15) is 67.7 Å². The highest BCUT2D eigenvalue weighted by molar-refractivity contribution is 7.92. The van der Waals surface area contributed by atoms with Crippen LogP contribution in [0, 0.1) is 20.8 Å². The van der Waals surface area contributed by atoms with Crippen molar-refractivity contribution < 1.29 is 18.0 Å². The van der Waals surface area contributed by atoms with Gasteiger partial charge in [0.15, 0.2) is 0 Å². The Morgan fingerprint density at radius 1 is 0.881 bits per heavy atom. The van der Waals surface area contributed by atoms with Crippen LogP contribution in [-0.4, -0.2) is 43.8 Å². The first kappa shape index (κ1) is 31.3. The third kappa shape index (κ3) is 7.59. The highest BCUT2D eigenvalue weighted by Gasteiger charge is 2.34. The molecule has 1 aliphatic carbocycles. The third-order valence-corrected chi connectivity index (χ3v) is 9.95. The topological polar surface area (TPSA) is 86.8 Å². The van der Waals surface area contributed by atoms with Gasteiger partial charge in [-0.15, -0.1) is 0 Å². The van der Waals surface area contributed by atoms with E-state index in [1.165, 1.54) is 22.9 Å². The van der Waals surface area contributed by atoms with Crippen LogP contribution in [0.15, 0.2) is 77.7 Å².